The Bertz CT molecular complexity index is 654. The third kappa shape index (κ3) is 8.24. The molecular weight excluding hydrogens is 461 g/mol. The summed E-state index contributed by atoms with van der Waals surface area (Å²) in [6.45, 7) is 4.34. The molecule has 1 aromatic rings. The summed E-state index contributed by atoms with van der Waals surface area (Å²) in [6.07, 6.45) is 9.31. The second kappa shape index (κ2) is 11.8. The van der Waals surface area contributed by atoms with E-state index in [1.54, 1.807) is 12.1 Å². The third-order valence-corrected chi connectivity index (χ3v) is 5.80. The maximum atomic E-state index is 11.5. The highest BCUT2D eigenvalue weighted by atomic mass is 127. The number of guanidine groups is 1. The zero-order chi connectivity index (χ0) is 18.1. The van der Waals surface area contributed by atoms with Crippen LogP contribution < -0.4 is 10.6 Å². The van der Waals surface area contributed by atoms with Gasteiger partial charge in [0.15, 0.2) is 15.8 Å². The summed E-state index contributed by atoms with van der Waals surface area (Å²) < 4.78 is 23.0. The maximum absolute atomic E-state index is 11.5. The summed E-state index contributed by atoms with van der Waals surface area (Å²) in [5.74, 6) is 1.75. The van der Waals surface area contributed by atoms with Crippen molar-refractivity contribution in [2.24, 2.45) is 10.9 Å². The molecule has 1 aliphatic rings. The average Bonchev–Trinajstić information content (AvgIpc) is 3.09. The Balaban J connectivity index is 0.00000338. The molecule has 26 heavy (non-hydrogen) atoms. The van der Waals surface area contributed by atoms with Gasteiger partial charge in [-0.05, 0) is 43.4 Å². The molecule has 148 valence electrons. The summed E-state index contributed by atoms with van der Waals surface area (Å²) in [4.78, 5) is 4.93. The van der Waals surface area contributed by atoms with Crippen molar-refractivity contribution in [1.29, 1.82) is 0 Å². The minimum atomic E-state index is -3.14. The second-order valence-electron chi connectivity index (χ2n) is 6.83. The first-order valence-corrected chi connectivity index (χ1v) is 11.2. The van der Waals surface area contributed by atoms with Crippen LogP contribution in [-0.2, 0) is 16.4 Å². The second-order valence-corrected chi connectivity index (χ2v) is 8.85. The largest absolute Gasteiger partial charge is 0.357 e. The normalized spacial score (nSPS) is 15.5. The highest BCUT2D eigenvalue weighted by Crippen LogP contribution is 2.28. The molecule has 2 rings (SSSR count). The van der Waals surface area contributed by atoms with Gasteiger partial charge in [0.2, 0.25) is 0 Å². The van der Waals surface area contributed by atoms with E-state index in [0.29, 0.717) is 11.4 Å². The Morgan fingerprint density at radius 3 is 2.38 bits per heavy atom. The molecule has 0 amide bonds. The fourth-order valence-corrected chi connectivity index (χ4v) is 3.88. The summed E-state index contributed by atoms with van der Waals surface area (Å²) in [5.41, 5.74) is 0.996. The number of nitrogens with zero attached hydrogens (tertiary/aromatic N) is 1. The van der Waals surface area contributed by atoms with Crippen LogP contribution in [0.4, 0.5) is 0 Å². The number of benzene rings is 1. The summed E-state index contributed by atoms with van der Waals surface area (Å²) in [5, 5.41) is 6.65. The van der Waals surface area contributed by atoms with Crippen LogP contribution in [0.3, 0.4) is 0 Å². The molecule has 7 heteroatoms. The minimum absolute atomic E-state index is 0. The molecule has 1 aliphatic carbocycles. The van der Waals surface area contributed by atoms with Crippen LogP contribution in [0.5, 0.6) is 0 Å². The van der Waals surface area contributed by atoms with Gasteiger partial charge in [-0.25, -0.2) is 13.4 Å². The fourth-order valence-electron chi connectivity index (χ4n) is 3.25. The first kappa shape index (κ1) is 23.2. The fraction of sp³-hybridized carbons (Fsp3) is 0.632. The van der Waals surface area contributed by atoms with Crippen molar-refractivity contribution in [2.75, 3.05) is 19.3 Å². The number of halogens is 1. The number of hydrogen-bond donors (Lipinski definition) is 2. The van der Waals surface area contributed by atoms with E-state index >= 15 is 0 Å². The van der Waals surface area contributed by atoms with Gasteiger partial charge in [0, 0.05) is 19.3 Å². The smallest absolute Gasteiger partial charge is 0.191 e. The quantitative estimate of drug-likeness (QED) is 0.251. The molecule has 0 bridgehead atoms. The molecule has 0 atom stereocenters. The maximum Gasteiger partial charge on any atom is 0.191 e. The molecule has 0 heterocycles. The summed E-state index contributed by atoms with van der Waals surface area (Å²) >= 11 is 0. The predicted octanol–water partition coefficient (Wildman–Crippen LogP) is 3.73. The van der Waals surface area contributed by atoms with Crippen molar-refractivity contribution in [3.05, 3.63) is 29.8 Å². The van der Waals surface area contributed by atoms with Crippen molar-refractivity contribution in [1.82, 2.24) is 10.6 Å². The van der Waals surface area contributed by atoms with E-state index < -0.39 is 9.84 Å². The molecule has 0 spiro atoms. The molecule has 1 fully saturated rings. The van der Waals surface area contributed by atoms with Crippen molar-refractivity contribution in [3.8, 4) is 0 Å². The highest BCUT2D eigenvalue weighted by molar-refractivity contribution is 14.0. The zero-order valence-electron chi connectivity index (χ0n) is 15.8. The van der Waals surface area contributed by atoms with Gasteiger partial charge in [0.25, 0.3) is 0 Å². The molecule has 0 unspecified atom stereocenters. The Morgan fingerprint density at radius 1 is 1.15 bits per heavy atom. The highest BCUT2D eigenvalue weighted by Gasteiger charge is 2.14. The number of hydrogen-bond acceptors (Lipinski definition) is 3. The van der Waals surface area contributed by atoms with Gasteiger partial charge in [-0.1, -0.05) is 37.8 Å². The van der Waals surface area contributed by atoms with Crippen molar-refractivity contribution in [2.45, 2.75) is 56.9 Å². The van der Waals surface area contributed by atoms with Crippen LogP contribution in [0.2, 0.25) is 0 Å². The van der Waals surface area contributed by atoms with E-state index in [2.05, 4.69) is 22.5 Å². The van der Waals surface area contributed by atoms with E-state index in [0.717, 1.165) is 30.5 Å². The summed E-state index contributed by atoms with van der Waals surface area (Å²) in [7, 11) is -3.14. The standard InChI is InChI=1S/C19H31N3O2S.HI/c1-3-20-19(21-14-6-9-16-7-4-5-8-16)22-15-17-10-12-18(13-11-17)25(2,23)24;/h10-13,16H,3-9,14-15H2,1-2H3,(H2,20,21,22);1H. The molecular formula is C19H32IN3O2S. The van der Waals surface area contributed by atoms with Gasteiger partial charge in [0.05, 0.1) is 11.4 Å². The van der Waals surface area contributed by atoms with Crippen LogP contribution in [0.1, 0.15) is 51.0 Å². The first-order chi connectivity index (χ1) is 12.0. The van der Waals surface area contributed by atoms with E-state index in [-0.39, 0.29) is 24.0 Å². The van der Waals surface area contributed by atoms with Gasteiger partial charge < -0.3 is 10.6 Å². The lowest BCUT2D eigenvalue weighted by atomic mass is 10.0. The number of rotatable bonds is 8. The number of sulfone groups is 1. The van der Waals surface area contributed by atoms with E-state index in [9.17, 15) is 8.42 Å². The third-order valence-electron chi connectivity index (χ3n) is 4.67. The summed E-state index contributed by atoms with van der Waals surface area (Å²) in [6, 6.07) is 6.93. The molecule has 0 saturated heterocycles. The van der Waals surface area contributed by atoms with Crippen LogP contribution in [0.25, 0.3) is 0 Å². The molecule has 1 saturated carbocycles. The Morgan fingerprint density at radius 2 is 1.81 bits per heavy atom. The number of nitrogens with one attached hydrogen (secondary N) is 2. The van der Waals surface area contributed by atoms with Crippen LogP contribution in [-0.4, -0.2) is 33.7 Å². The van der Waals surface area contributed by atoms with Crippen molar-refractivity contribution < 1.29 is 8.42 Å². The molecule has 5 nitrogen and oxygen atoms in total. The van der Waals surface area contributed by atoms with Crippen LogP contribution in [0, 0.1) is 5.92 Å². The first-order valence-electron chi connectivity index (χ1n) is 9.30. The monoisotopic (exact) mass is 493 g/mol. The van der Waals surface area contributed by atoms with Gasteiger partial charge in [-0.3, -0.25) is 0 Å². The molecule has 0 aromatic heterocycles. The topological polar surface area (TPSA) is 70.6 Å². The van der Waals surface area contributed by atoms with Crippen LogP contribution in [0.15, 0.2) is 34.2 Å². The Labute approximate surface area is 175 Å². The molecule has 1 aromatic carbocycles. The lowest BCUT2D eigenvalue weighted by Gasteiger charge is -2.13. The Hall–Kier alpha value is -0.830. The lowest BCUT2D eigenvalue weighted by Crippen LogP contribution is -2.37. The SMILES string of the molecule is CCNC(=NCc1ccc(S(C)(=O)=O)cc1)NCCCC1CCCC1.I. The van der Waals surface area contributed by atoms with Crippen LogP contribution >= 0.6 is 24.0 Å². The minimum Gasteiger partial charge on any atom is -0.357 e. The molecule has 2 N–H and O–H groups in total. The van der Waals surface area contributed by atoms with Gasteiger partial charge in [0.1, 0.15) is 0 Å². The lowest BCUT2D eigenvalue weighted by molar-refractivity contribution is 0.481. The average molecular weight is 493 g/mol. The molecule has 0 aliphatic heterocycles. The number of aliphatic imine (C=N–C) groups is 1. The van der Waals surface area contributed by atoms with Gasteiger partial charge in [-0.2, -0.15) is 0 Å². The predicted molar refractivity (Wildman–Crippen MR) is 119 cm³/mol. The molecule has 0 radical (unpaired) electrons. The van der Waals surface area contributed by atoms with Crippen molar-refractivity contribution >= 4 is 39.8 Å². The van der Waals surface area contributed by atoms with Gasteiger partial charge >= 0.3 is 0 Å². The Kier molecular flexibility index (Phi) is 10.5. The zero-order valence-corrected chi connectivity index (χ0v) is 19.0. The van der Waals surface area contributed by atoms with E-state index in [1.165, 1.54) is 44.8 Å². The van der Waals surface area contributed by atoms with Crippen molar-refractivity contribution in [3.63, 3.8) is 0 Å². The van der Waals surface area contributed by atoms with E-state index in [1.807, 2.05) is 12.1 Å². The van der Waals surface area contributed by atoms with E-state index in [4.69, 9.17) is 0 Å². The van der Waals surface area contributed by atoms with Gasteiger partial charge in [-0.15, -0.1) is 24.0 Å².